The van der Waals surface area contributed by atoms with Crippen LogP contribution in [0.1, 0.15) is 0 Å². The van der Waals surface area contributed by atoms with Gasteiger partial charge < -0.3 is 4.74 Å². The van der Waals surface area contributed by atoms with Gasteiger partial charge in [0.15, 0.2) is 0 Å². The molecule has 0 aliphatic heterocycles. The molecule has 0 radical (unpaired) electrons. The van der Waals surface area contributed by atoms with Gasteiger partial charge in [0.2, 0.25) is 9.05 Å². The fourth-order valence-corrected chi connectivity index (χ4v) is 1.39. The van der Waals surface area contributed by atoms with Crippen molar-refractivity contribution in [3.63, 3.8) is 0 Å². The van der Waals surface area contributed by atoms with Crippen molar-refractivity contribution in [2.24, 2.45) is 0 Å². The molecule has 0 fully saturated rings. The quantitative estimate of drug-likeness (QED) is 0.458. The van der Waals surface area contributed by atoms with Gasteiger partial charge in [-0.2, -0.15) is 0 Å². The van der Waals surface area contributed by atoms with E-state index in [0.29, 0.717) is 5.75 Å². The minimum absolute atomic E-state index is 0.0580. The summed E-state index contributed by atoms with van der Waals surface area (Å²) in [7, 11) is 1.39. The molecule has 0 bridgehead atoms. The summed E-state index contributed by atoms with van der Waals surface area (Å²) in [6.07, 6.45) is 0. The van der Waals surface area contributed by atoms with E-state index in [-0.39, 0.29) is 18.0 Å². The van der Waals surface area contributed by atoms with E-state index in [1.165, 1.54) is 24.3 Å². The van der Waals surface area contributed by atoms with E-state index >= 15 is 0 Å². The average Bonchev–Trinajstić information content (AvgIpc) is 2.16. The van der Waals surface area contributed by atoms with Crippen molar-refractivity contribution in [3.05, 3.63) is 34.4 Å². The SMILES string of the molecule is O=[N+]([O-])c1ccc(OCCS(=O)(=O)Cl)cc1. The second-order valence-corrected chi connectivity index (χ2v) is 5.74. The van der Waals surface area contributed by atoms with Gasteiger partial charge in [-0.1, -0.05) is 0 Å². The van der Waals surface area contributed by atoms with Crippen LogP contribution < -0.4 is 4.74 Å². The molecule has 0 unspecified atom stereocenters. The first kappa shape index (κ1) is 12.7. The van der Waals surface area contributed by atoms with Crippen LogP contribution in [0, 0.1) is 10.1 Å². The average molecular weight is 266 g/mol. The van der Waals surface area contributed by atoms with Crippen LogP contribution in [0.15, 0.2) is 24.3 Å². The Morgan fingerprint density at radius 1 is 1.31 bits per heavy atom. The maximum absolute atomic E-state index is 10.6. The highest BCUT2D eigenvalue weighted by molar-refractivity contribution is 8.13. The molecule has 1 aromatic carbocycles. The summed E-state index contributed by atoms with van der Waals surface area (Å²) in [5, 5.41) is 10.3. The Morgan fingerprint density at radius 3 is 2.31 bits per heavy atom. The molecule has 16 heavy (non-hydrogen) atoms. The predicted octanol–water partition coefficient (Wildman–Crippen LogP) is 1.54. The summed E-state index contributed by atoms with van der Waals surface area (Å²) in [5.41, 5.74) is -0.0580. The van der Waals surface area contributed by atoms with Crippen LogP contribution in [0.5, 0.6) is 5.75 Å². The molecule has 0 saturated heterocycles. The number of benzene rings is 1. The topological polar surface area (TPSA) is 86.5 Å². The molecule has 1 aromatic rings. The fourth-order valence-electron chi connectivity index (χ4n) is 0.923. The lowest BCUT2D eigenvalue weighted by Gasteiger charge is -2.03. The Morgan fingerprint density at radius 2 is 1.88 bits per heavy atom. The monoisotopic (exact) mass is 265 g/mol. The predicted molar refractivity (Wildman–Crippen MR) is 58.2 cm³/mol. The fraction of sp³-hybridized carbons (Fsp3) is 0.250. The molecular weight excluding hydrogens is 258 g/mol. The highest BCUT2D eigenvalue weighted by Crippen LogP contribution is 2.17. The van der Waals surface area contributed by atoms with E-state index in [1.807, 2.05) is 0 Å². The van der Waals surface area contributed by atoms with Gasteiger partial charge in [0.1, 0.15) is 12.4 Å². The molecule has 0 N–H and O–H groups in total. The Balaban J connectivity index is 2.53. The summed E-state index contributed by atoms with van der Waals surface area (Å²) in [6.45, 7) is -0.0936. The molecule has 0 saturated carbocycles. The molecule has 0 aliphatic rings. The van der Waals surface area contributed by atoms with Crippen molar-refractivity contribution in [3.8, 4) is 5.75 Å². The van der Waals surface area contributed by atoms with Gasteiger partial charge >= 0.3 is 0 Å². The summed E-state index contributed by atoms with van der Waals surface area (Å²) in [6, 6.07) is 5.31. The first-order chi connectivity index (χ1) is 7.38. The van der Waals surface area contributed by atoms with Gasteiger partial charge in [0, 0.05) is 22.8 Å². The lowest BCUT2D eigenvalue weighted by molar-refractivity contribution is -0.384. The number of ether oxygens (including phenoxy) is 1. The molecule has 88 valence electrons. The highest BCUT2D eigenvalue weighted by atomic mass is 35.7. The number of hydrogen-bond acceptors (Lipinski definition) is 5. The Kier molecular flexibility index (Phi) is 4.08. The normalized spacial score (nSPS) is 11.1. The number of rotatable bonds is 5. The molecule has 0 atom stereocenters. The van der Waals surface area contributed by atoms with Crippen LogP contribution in [0.4, 0.5) is 5.69 Å². The van der Waals surface area contributed by atoms with Crippen LogP contribution in [0.25, 0.3) is 0 Å². The van der Waals surface area contributed by atoms with Gasteiger partial charge in [0.05, 0.1) is 10.7 Å². The molecule has 0 aromatic heterocycles. The lowest BCUT2D eigenvalue weighted by atomic mass is 10.3. The van der Waals surface area contributed by atoms with E-state index in [1.54, 1.807) is 0 Å². The molecule has 6 nitrogen and oxygen atoms in total. The maximum Gasteiger partial charge on any atom is 0.269 e. The van der Waals surface area contributed by atoms with Crippen LogP contribution >= 0.6 is 10.7 Å². The Labute approximate surface area is 96.4 Å². The summed E-state index contributed by atoms with van der Waals surface area (Å²) < 4.78 is 26.2. The second-order valence-electron chi connectivity index (χ2n) is 2.84. The Hall–Kier alpha value is -1.34. The van der Waals surface area contributed by atoms with Crippen molar-refractivity contribution in [1.82, 2.24) is 0 Å². The highest BCUT2D eigenvalue weighted by Gasteiger charge is 2.07. The standard InChI is InChI=1S/C8H8ClNO5S/c9-16(13,14)6-5-15-8-3-1-7(2-4-8)10(11)12/h1-4H,5-6H2. The van der Waals surface area contributed by atoms with Gasteiger partial charge in [-0.25, -0.2) is 8.42 Å². The molecule has 0 aliphatic carbocycles. The van der Waals surface area contributed by atoms with Crippen LogP contribution in [0.2, 0.25) is 0 Å². The number of hydrogen-bond donors (Lipinski definition) is 0. The maximum atomic E-state index is 10.6. The third-order valence-electron chi connectivity index (χ3n) is 1.64. The summed E-state index contributed by atoms with van der Waals surface area (Å²) in [5.74, 6) is 0.0388. The minimum atomic E-state index is -3.58. The third kappa shape index (κ3) is 4.45. The van der Waals surface area contributed by atoms with E-state index in [4.69, 9.17) is 15.4 Å². The number of non-ortho nitro benzene ring substituents is 1. The van der Waals surface area contributed by atoms with Gasteiger partial charge in [0.25, 0.3) is 5.69 Å². The van der Waals surface area contributed by atoms with Crippen molar-refractivity contribution in [2.45, 2.75) is 0 Å². The van der Waals surface area contributed by atoms with Crippen molar-refractivity contribution >= 4 is 25.4 Å². The van der Waals surface area contributed by atoms with Gasteiger partial charge in [-0.05, 0) is 12.1 Å². The number of nitro groups is 1. The lowest BCUT2D eigenvalue weighted by Crippen LogP contribution is -2.08. The molecule has 0 spiro atoms. The van der Waals surface area contributed by atoms with Crippen LogP contribution in [-0.4, -0.2) is 25.7 Å². The second kappa shape index (κ2) is 5.13. The van der Waals surface area contributed by atoms with E-state index < -0.39 is 14.0 Å². The van der Waals surface area contributed by atoms with Crippen LogP contribution in [-0.2, 0) is 9.05 Å². The molecule has 1 rings (SSSR count). The molecular formula is C8H8ClNO5S. The first-order valence-electron chi connectivity index (χ1n) is 4.18. The van der Waals surface area contributed by atoms with Crippen molar-refractivity contribution in [1.29, 1.82) is 0 Å². The third-order valence-corrected chi connectivity index (χ3v) is 2.76. The summed E-state index contributed by atoms with van der Waals surface area (Å²) in [4.78, 5) is 9.79. The van der Waals surface area contributed by atoms with Gasteiger partial charge in [-0.3, -0.25) is 10.1 Å². The Bertz CT molecular complexity index is 470. The number of nitro benzene ring substituents is 1. The number of halogens is 1. The largest absolute Gasteiger partial charge is 0.492 e. The summed E-state index contributed by atoms with van der Waals surface area (Å²) >= 11 is 0. The van der Waals surface area contributed by atoms with Crippen LogP contribution in [0.3, 0.4) is 0 Å². The van der Waals surface area contributed by atoms with E-state index in [2.05, 4.69) is 0 Å². The number of nitrogens with zero attached hydrogens (tertiary/aromatic N) is 1. The molecule has 0 heterocycles. The molecule has 8 heteroatoms. The van der Waals surface area contributed by atoms with E-state index in [9.17, 15) is 18.5 Å². The zero-order chi connectivity index (χ0) is 12.2. The van der Waals surface area contributed by atoms with Crippen molar-refractivity contribution < 1.29 is 18.1 Å². The smallest absolute Gasteiger partial charge is 0.269 e. The van der Waals surface area contributed by atoms with Crippen molar-refractivity contribution in [2.75, 3.05) is 12.4 Å². The first-order valence-corrected chi connectivity index (χ1v) is 6.66. The zero-order valence-corrected chi connectivity index (χ0v) is 9.57. The van der Waals surface area contributed by atoms with E-state index in [0.717, 1.165) is 0 Å². The molecule has 0 amide bonds. The minimum Gasteiger partial charge on any atom is -0.492 e. The zero-order valence-electron chi connectivity index (χ0n) is 8.00. The van der Waals surface area contributed by atoms with Gasteiger partial charge in [-0.15, -0.1) is 0 Å².